The van der Waals surface area contributed by atoms with Crippen LogP contribution in [0, 0.1) is 0 Å². The van der Waals surface area contributed by atoms with Gasteiger partial charge in [0.15, 0.2) is 11.5 Å². The molecule has 1 saturated carbocycles. The first-order valence-electron chi connectivity index (χ1n) is 6.90. The van der Waals surface area contributed by atoms with Crippen LogP contribution in [-0.4, -0.2) is 24.4 Å². The Hall–Kier alpha value is -1.26. The molecule has 4 heteroatoms. The normalized spacial score (nSPS) is 24.8. The first-order valence-corrected chi connectivity index (χ1v) is 6.90. The van der Waals surface area contributed by atoms with Crippen molar-refractivity contribution in [2.75, 3.05) is 7.11 Å². The van der Waals surface area contributed by atoms with Crippen molar-refractivity contribution in [3.8, 4) is 11.5 Å². The molecule has 1 aromatic carbocycles. The van der Waals surface area contributed by atoms with E-state index >= 15 is 0 Å². The van der Waals surface area contributed by atoms with Crippen LogP contribution < -0.4 is 15.2 Å². The van der Waals surface area contributed by atoms with Gasteiger partial charge in [0.05, 0.1) is 13.2 Å². The minimum Gasteiger partial charge on any atom is -0.493 e. The molecule has 3 N–H and O–H groups in total. The highest BCUT2D eigenvalue weighted by atomic mass is 16.5. The van der Waals surface area contributed by atoms with Crippen LogP contribution in [0.2, 0.25) is 0 Å². The van der Waals surface area contributed by atoms with E-state index in [4.69, 9.17) is 15.2 Å². The van der Waals surface area contributed by atoms with Crippen LogP contribution >= 0.6 is 0 Å². The molecule has 1 aromatic rings. The van der Waals surface area contributed by atoms with E-state index in [0.29, 0.717) is 11.5 Å². The van der Waals surface area contributed by atoms with Crippen molar-refractivity contribution in [3.05, 3.63) is 23.8 Å². The number of benzene rings is 1. The lowest BCUT2D eigenvalue weighted by Crippen LogP contribution is -2.34. The molecule has 0 saturated heterocycles. The molecule has 0 aliphatic heterocycles. The van der Waals surface area contributed by atoms with Gasteiger partial charge in [-0.3, -0.25) is 0 Å². The molecule has 1 fully saturated rings. The van der Waals surface area contributed by atoms with E-state index in [-0.39, 0.29) is 18.2 Å². The Labute approximate surface area is 114 Å². The number of nitrogens with two attached hydrogens (primary N) is 1. The van der Waals surface area contributed by atoms with Gasteiger partial charge in [-0.2, -0.15) is 0 Å². The van der Waals surface area contributed by atoms with E-state index in [9.17, 15) is 5.11 Å². The fourth-order valence-corrected chi connectivity index (χ4v) is 2.44. The van der Waals surface area contributed by atoms with Crippen molar-refractivity contribution in [2.45, 2.75) is 50.9 Å². The molecule has 0 bridgehead atoms. The van der Waals surface area contributed by atoms with Gasteiger partial charge in [-0.1, -0.05) is 12.5 Å². The van der Waals surface area contributed by atoms with Gasteiger partial charge < -0.3 is 20.3 Å². The number of hydrogen-bond acceptors (Lipinski definition) is 4. The number of rotatable bonds is 4. The van der Waals surface area contributed by atoms with Crippen LogP contribution in [0.4, 0.5) is 0 Å². The monoisotopic (exact) mass is 265 g/mol. The minimum atomic E-state index is -0.383. The highest BCUT2D eigenvalue weighted by Crippen LogP contribution is 2.33. The first-order chi connectivity index (χ1) is 9.11. The molecule has 1 aliphatic rings. The number of ether oxygens (including phenoxy) is 2. The molecule has 1 aliphatic carbocycles. The molecule has 106 valence electrons. The fraction of sp³-hybridized carbons (Fsp3) is 0.600. The van der Waals surface area contributed by atoms with E-state index in [1.165, 1.54) is 0 Å². The summed E-state index contributed by atoms with van der Waals surface area (Å²) in [6.07, 6.45) is 3.35. The molecule has 3 atom stereocenters. The Bertz CT molecular complexity index is 420. The van der Waals surface area contributed by atoms with Crippen LogP contribution in [0.15, 0.2) is 18.2 Å². The molecule has 4 nitrogen and oxygen atoms in total. The smallest absolute Gasteiger partial charge is 0.161 e. The number of methoxy groups -OCH3 is 1. The van der Waals surface area contributed by atoms with Crippen molar-refractivity contribution in [1.29, 1.82) is 0 Å². The topological polar surface area (TPSA) is 64.7 Å². The van der Waals surface area contributed by atoms with Crippen molar-refractivity contribution in [3.63, 3.8) is 0 Å². The summed E-state index contributed by atoms with van der Waals surface area (Å²) >= 11 is 0. The van der Waals surface area contributed by atoms with Gasteiger partial charge in [-0.15, -0.1) is 0 Å². The van der Waals surface area contributed by atoms with E-state index in [2.05, 4.69) is 0 Å². The molecule has 19 heavy (non-hydrogen) atoms. The van der Waals surface area contributed by atoms with Gasteiger partial charge in [-0.25, -0.2) is 0 Å². The van der Waals surface area contributed by atoms with Crippen molar-refractivity contribution in [2.24, 2.45) is 5.73 Å². The zero-order chi connectivity index (χ0) is 13.8. The predicted octanol–water partition coefficient (Wildman–Crippen LogP) is 2.40. The van der Waals surface area contributed by atoms with Crippen LogP contribution in [0.5, 0.6) is 11.5 Å². The summed E-state index contributed by atoms with van der Waals surface area (Å²) in [5, 5.41) is 9.95. The summed E-state index contributed by atoms with van der Waals surface area (Å²) in [6, 6.07) is 5.68. The number of hydrogen-bond donors (Lipinski definition) is 2. The SMILES string of the molecule is COc1cc([C@H](C)N)ccc1OC1CCCCC1O. The van der Waals surface area contributed by atoms with Crippen LogP contribution in [-0.2, 0) is 0 Å². The summed E-state index contributed by atoms with van der Waals surface area (Å²) in [6.45, 7) is 1.93. The lowest BCUT2D eigenvalue weighted by atomic mass is 9.95. The van der Waals surface area contributed by atoms with Gasteiger partial charge >= 0.3 is 0 Å². The molecule has 2 rings (SSSR count). The second kappa shape index (κ2) is 6.26. The third kappa shape index (κ3) is 3.39. The maximum atomic E-state index is 9.95. The fourth-order valence-electron chi connectivity index (χ4n) is 2.44. The van der Waals surface area contributed by atoms with Crippen LogP contribution in [0.3, 0.4) is 0 Å². The summed E-state index contributed by atoms with van der Waals surface area (Å²) in [7, 11) is 1.62. The quantitative estimate of drug-likeness (QED) is 0.877. The zero-order valence-electron chi connectivity index (χ0n) is 11.6. The average molecular weight is 265 g/mol. The highest BCUT2D eigenvalue weighted by Gasteiger charge is 2.25. The Balaban J connectivity index is 2.15. The summed E-state index contributed by atoms with van der Waals surface area (Å²) in [4.78, 5) is 0. The van der Waals surface area contributed by atoms with E-state index in [1.807, 2.05) is 25.1 Å². The van der Waals surface area contributed by atoms with E-state index < -0.39 is 0 Å². The third-order valence-electron chi connectivity index (χ3n) is 3.66. The minimum absolute atomic E-state index is 0.0387. The maximum absolute atomic E-state index is 9.95. The first kappa shape index (κ1) is 14.2. The van der Waals surface area contributed by atoms with Crippen LogP contribution in [0.1, 0.15) is 44.2 Å². The lowest BCUT2D eigenvalue weighted by Gasteiger charge is -2.28. The van der Waals surface area contributed by atoms with E-state index in [0.717, 1.165) is 31.2 Å². The zero-order valence-corrected chi connectivity index (χ0v) is 11.6. The second-order valence-corrected chi connectivity index (χ2v) is 5.21. The molecular formula is C15H23NO3. The lowest BCUT2D eigenvalue weighted by molar-refractivity contribution is 0.00567. The Morgan fingerprint density at radius 3 is 2.63 bits per heavy atom. The van der Waals surface area contributed by atoms with E-state index in [1.54, 1.807) is 7.11 Å². The standard InChI is InChI=1S/C15H23NO3/c1-10(16)11-7-8-14(15(9-11)18-2)19-13-6-4-3-5-12(13)17/h7-10,12-13,17H,3-6,16H2,1-2H3/t10-,12?,13?/m0/s1. The molecule has 0 amide bonds. The summed E-state index contributed by atoms with van der Waals surface area (Å²) < 4.78 is 11.3. The highest BCUT2D eigenvalue weighted by molar-refractivity contribution is 5.43. The molecular weight excluding hydrogens is 242 g/mol. The Kier molecular flexibility index (Phi) is 4.66. The largest absolute Gasteiger partial charge is 0.493 e. The van der Waals surface area contributed by atoms with Crippen molar-refractivity contribution < 1.29 is 14.6 Å². The Morgan fingerprint density at radius 1 is 1.26 bits per heavy atom. The maximum Gasteiger partial charge on any atom is 0.161 e. The number of aliphatic hydroxyl groups excluding tert-OH is 1. The Morgan fingerprint density at radius 2 is 2.00 bits per heavy atom. The second-order valence-electron chi connectivity index (χ2n) is 5.21. The van der Waals surface area contributed by atoms with Gasteiger partial charge in [0.1, 0.15) is 6.10 Å². The van der Waals surface area contributed by atoms with Gasteiger partial charge in [0.2, 0.25) is 0 Å². The molecule has 0 aromatic heterocycles. The van der Waals surface area contributed by atoms with Gasteiger partial charge in [0.25, 0.3) is 0 Å². The van der Waals surface area contributed by atoms with Crippen LogP contribution in [0.25, 0.3) is 0 Å². The van der Waals surface area contributed by atoms with Gasteiger partial charge in [0, 0.05) is 6.04 Å². The molecule has 0 heterocycles. The summed E-state index contributed by atoms with van der Waals surface area (Å²) in [5.41, 5.74) is 6.87. The predicted molar refractivity (Wildman–Crippen MR) is 74.5 cm³/mol. The van der Waals surface area contributed by atoms with Crippen molar-refractivity contribution in [1.82, 2.24) is 0 Å². The molecule has 0 spiro atoms. The third-order valence-corrected chi connectivity index (χ3v) is 3.66. The van der Waals surface area contributed by atoms with Gasteiger partial charge in [-0.05, 0) is 43.9 Å². The average Bonchev–Trinajstić information content (AvgIpc) is 2.41. The molecule has 2 unspecified atom stereocenters. The summed E-state index contributed by atoms with van der Waals surface area (Å²) in [5.74, 6) is 1.35. The van der Waals surface area contributed by atoms with Crippen molar-refractivity contribution >= 4 is 0 Å². The molecule has 0 radical (unpaired) electrons. The number of aliphatic hydroxyl groups is 1.